The largest absolute Gasteiger partial charge is 0.334 e. The number of piperidine rings is 1. The molecule has 148 valence electrons. The van der Waals surface area contributed by atoms with Gasteiger partial charge in [0.1, 0.15) is 0 Å². The smallest absolute Gasteiger partial charge is 0.320 e. The van der Waals surface area contributed by atoms with Crippen molar-refractivity contribution in [3.05, 3.63) is 40.3 Å². The lowest BCUT2D eigenvalue weighted by molar-refractivity contribution is 0.0627. The lowest BCUT2D eigenvalue weighted by Gasteiger charge is -2.38. The van der Waals surface area contributed by atoms with Gasteiger partial charge in [-0.1, -0.05) is 18.2 Å². The van der Waals surface area contributed by atoms with E-state index < -0.39 is 0 Å². The van der Waals surface area contributed by atoms with Crippen LogP contribution in [0.2, 0.25) is 0 Å². The van der Waals surface area contributed by atoms with Crippen molar-refractivity contribution in [3.63, 3.8) is 0 Å². The van der Waals surface area contributed by atoms with Gasteiger partial charge in [0.2, 0.25) is 0 Å². The molecule has 4 rings (SSSR count). The van der Waals surface area contributed by atoms with Crippen LogP contribution in [0.4, 0.5) is 4.79 Å². The van der Waals surface area contributed by atoms with Gasteiger partial charge in [-0.2, -0.15) is 5.10 Å². The summed E-state index contributed by atoms with van der Waals surface area (Å²) in [5.74, 6) is -0.197. The van der Waals surface area contributed by atoms with Gasteiger partial charge in [0.05, 0.1) is 5.39 Å². The Kier molecular flexibility index (Phi) is 5.02. The molecule has 2 aliphatic heterocycles. The molecule has 28 heavy (non-hydrogen) atoms. The quantitative estimate of drug-likeness (QED) is 0.744. The number of benzene rings is 1. The minimum Gasteiger partial charge on any atom is -0.334 e. The molecule has 1 aromatic carbocycles. The zero-order valence-electron chi connectivity index (χ0n) is 16.1. The Morgan fingerprint density at radius 1 is 0.821 bits per heavy atom. The minimum absolute atomic E-state index is 0.0810. The molecular weight excluding hydrogens is 358 g/mol. The van der Waals surface area contributed by atoms with Crippen LogP contribution in [-0.4, -0.2) is 75.7 Å². The number of aryl methyl sites for hydroxylation is 1. The van der Waals surface area contributed by atoms with Crippen molar-refractivity contribution in [1.82, 2.24) is 24.5 Å². The molecule has 0 saturated carbocycles. The topological polar surface area (TPSA) is 78.8 Å². The maximum Gasteiger partial charge on any atom is 0.320 e. The molecule has 3 amide bonds. The first-order valence-electron chi connectivity index (χ1n) is 9.85. The van der Waals surface area contributed by atoms with Crippen LogP contribution in [0.25, 0.3) is 10.8 Å². The summed E-state index contributed by atoms with van der Waals surface area (Å²) in [5.41, 5.74) is 0.0672. The predicted octanol–water partition coefficient (Wildman–Crippen LogP) is 1.30. The first-order valence-corrected chi connectivity index (χ1v) is 9.85. The van der Waals surface area contributed by atoms with Gasteiger partial charge < -0.3 is 14.7 Å². The van der Waals surface area contributed by atoms with Crippen LogP contribution in [0.3, 0.4) is 0 Å². The second-order valence-electron chi connectivity index (χ2n) is 7.43. The third-order valence-corrected chi connectivity index (χ3v) is 5.62. The van der Waals surface area contributed by atoms with Crippen molar-refractivity contribution in [2.75, 3.05) is 39.3 Å². The number of piperazine rings is 1. The van der Waals surface area contributed by atoms with E-state index in [0.717, 1.165) is 25.9 Å². The van der Waals surface area contributed by atoms with Crippen LogP contribution in [0.1, 0.15) is 29.8 Å². The lowest BCUT2D eigenvalue weighted by Crippen LogP contribution is -2.54. The number of nitrogens with zero attached hydrogens (tertiary/aromatic N) is 5. The first-order chi connectivity index (χ1) is 13.6. The number of rotatable bonds is 1. The monoisotopic (exact) mass is 383 g/mol. The summed E-state index contributed by atoms with van der Waals surface area (Å²) in [6.07, 6.45) is 3.32. The molecule has 8 heteroatoms. The van der Waals surface area contributed by atoms with Gasteiger partial charge in [0.15, 0.2) is 5.69 Å². The molecule has 3 heterocycles. The molecule has 0 N–H and O–H groups in total. The maximum absolute atomic E-state index is 13.1. The fourth-order valence-electron chi connectivity index (χ4n) is 3.99. The summed E-state index contributed by atoms with van der Waals surface area (Å²) in [7, 11) is 1.56. The number of amides is 3. The molecule has 8 nitrogen and oxygen atoms in total. The van der Waals surface area contributed by atoms with Gasteiger partial charge in [-0.25, -0.2) is 9.48 Å². The van der Waals surface area contributed by atoms with Crippen molar-refractivity contribution in [1.29, 1.82) is 0 Å². The Labute approximate surface area is 163 Å². The van der Waals surface area contributed by atoms with E-state index in [-0.39, 0.29) is 23.2 Å². The third-order valence-electron chi connectivity index (χ3n) is 5.62. The number of hydrogen-bond donors (Lipinski definition) is 0. The van der Waals surface area contributed by atoms with Crippen LogP contribution in [0, 0.1) is 0 Å². The summed E-state index contributed by atoms with van der Waals surface area (Å²) in [6.45, 7) is 3.63. The number of likely N-dealkylation sites (tertiary alicyclic amines) is 1. The molecule has 0 unspecified atom stereocenters. The SMILES string of the molecule is Cn1nc(C(=O)N2CCN(C(=O)N3CCCCC3)CC2)c2ccccc2c1=O. The second kappa shape index (κ2) is 7.61. The average Bonchev–Trinajstić information content (AvgIpc) is 2.76. The van der Waals surface area contributed by atoms with Gasteiger partial charge in [-0.15, -0.1) is 0 Å². The normalized spacial score (nSPS) is 17.8. The Morgan fingerprint density at radius 2 is 1.39 bits per heavy atom. The van der Waals surface area contributed by atoms with E-state index in [2.05, 4.69) is 5.10 Å². The molecule has 2 saturated heterocycles. The van der Waals surface area contributed by atoms with Crippen molar-refractivity contribution in [2.45, 2.75) is 19.3 Å². The van der Waals surface area contributed by atoms with Crippen LogP contribution in [0.15, 0.2) is 29.1 Å². The lowest BCUT2D eigenvalue weighted by atomic mass is 10.1. The molecule has 0 spiro atoms. The van der Waals surface area contributed by atoms with Crippen molar-refractivity contribution < 1.29 is 9.59 Å². The molecule has 2 aliphatic rings. The summed E-state index contributed by atoms with van der Waals surface area (Å²) in [5, 5.41) is 5.29. The number of urea groups is 1. The predicted molar refractivity (Wildman–Crippen MR) is 105 cm³/mol. The van der Waals surface area contributed by atoms with E-state index in [9.17, 15) is 14.4 Å². The Balaban J connectivity index is 1.49. The van der Waals surface area contributed by atoms with E-state index in [4.69, 9.17) is 0 Å². The molecule has 2 fully saturated rings. The summed E-state index contributed by atoms with van der Waals surface area (Å²) >= 11 is 0. The highest BCUT2D eigenvalue weighted by molar-refractivity contribution is 6.04. The second-order valence-corrected chi connectivity index (χ2v) is 7.43. The fourth-order valence-corrected chi connectivity index (χ4v) is 3.99. The van der Waals surface area contributed by atoms with Gasteiger partial charge in [-0.05, 0) is 25.3 Å². The zero-order valence-corrected chi connectivity index (χ0v) is 16.1. The first kappa shape index (κ1) is 18.5. The Hall–Kier alpha value is -2.90. The number of aromatic nitrogens is 2. The van der Waals surface area contributed by atoms with E-state index in [1.54, 1.807) is 36.2 Å². The van der Waals surface area contributed by atoms with E-state index >= 15 is 0 Å². The number of carbonyl (C=O) groups excluding carboxylic acids is 2. The molecule has 0 atom stereocenters. The van der Waals surface area contributed by atoms with E-state index in [1.807, 2.05) is 9.80 Å². The highest BCUT2D eigenvalue weighted by atomic mass is 16.2. The zero-order chi connectivity index (χ0) is 19.7. The number of carbonyl (C=O) groups is 2. The van der Waals surface area contributed by atoms with E-state index in [0.29, 0.717) is 37.0 Å². The summed E-state index contributed by atoms with van der Waals surface area (Å²) < 4.78 is 1.21. The Bertz CT molecular complexity index is 956. The standard InChI is InChI=1S/C20H25N5O3/c1-22-18(26)16-8-4-3-7-15(16)17(21-22)19(27)23-11-13-25(14-12-23)20(28)24-9-5-2-6-10-24/h3-4,7-8H,2,5-6,9-14H2,1H3. The summed E-state index contributed by atoms with van der Waals surface area (Å²) in [4.78, 5) is 43.5. The number of fused-ring (bicyclic) bond motifs is 1. The van der Waals surface area contributed by atoms with Gasteiger partial charge in [-0.3, -0.25) is 9.59 Å². The summed E-state index contributed by atoms with van der Waals surface area (Å²) in [6, 6.07) is 7.13. The van der Waals surface area contributed by atoms with E-state index in [1.165, 1.54) is 11.1 Å². The molecule has 0 bridgehead atoms. The van der Waals surface area contributed by atoms with Crippen molar-refractivity contribution in [3.8, 4) is 0 Å². The van der Waals surface area contributed by atoms with Crippen LogP contribution in [0.5, 0.6) is 0 Å². The molecule has 1 aromatic heterocycles. The van der Waals surface area contributed by atoms with Crippen molar-refractivity contribution >= 4 is 22.7 Å². The third kappa shape index (κ3) is 3.34. The average molecular weight is 383 g/mol. The van der Waals surface area contributed by atoms with Crippen LogP contribution >= 0.6 is 0 Å². The maximum atomic E-state index is 13.1. The molecule has 0 radical (unpaired) electrons. The molecule has 0 aliphatic carbocycles. The van der Waals surface area contributed by atoms with Crippen molar-refractivity contribution in [2.24, 2.45) is 7.05 Å². The highest BCUT2D eigenvalue weighted by Crippen LogP contribution is 2.17. The van der Waals surface area contributed by atoms with Gasteiger partial charge in [0.25, 0.3) is 11.5 Å². The molecular formula is C20H25N5O3. The minimum atomic E-state index is -0.218. The van der Waals surface area contributed by atoms with Gasteiger partial charge in [0, 0.05) is 51.7 Å². The van der Waals surface area contributed by atoms with Gasteiger partial charge >= 0.3 is 6.03 Å². The molecule has 2 aromatic rings. The Morgan fingerprint density at radius 3 is 2.07 bits per heavy atom. The number of hydrogen-bond acceptors (Lipinski definition) is 4. The fraction of sp³-hybridized carbons (Fsp3) is 0.500. The van der Waals surface area contributed by atoms with Crippen LogP contribution < -0.4 is 5.56 Å². The van der Waals surface area contributed by atoms with Crippen LogP contribution in [-0.2, 0) is 7.05 Å². The highest BCUT2D eigenvalue weighted by Gasteiger charge is 2.29.